The van der Waals surface area contributed by atoms with E-state index in [0.29, 0.717) is 11.3 Å². The van der Waals surface area contributed by atoms with Crippen molar-refractivity contribution in [3.05, 3.63) is 35.4 Å². The highest BCUT2D eigenvalue weighted by Gasteiger charge is 2.21. The van der Waals surface area contributed by atoms with E-state index in [0.717, 1.165) is 18.8 Å². The van der Waals surface area contributed by atoms with Crippen molar-refractivity contribution in [1.29, 1.82) is 0 Å². The Balaban J connectivity index is 0.000000890. The zero-order chi connectivity index (χ0) is 23.5. The van der Waals surface area contributed by atoms with E-state index in [2.05, 4.69) is 84.6 Å². The van der Waals surface area contributed by atoms with Gasteiger partial charge in [0.2, 0.25) is 0 Å². The maximum Gasteiger partial charge on any atom is 0.328 e. The first-order chi connectivity index (χ1) is 13.8. The minimum Gasteiger partial charge on any atom is -0.480 e. The smallest absolute Gasteiger partial charge is 0.328 e. The largest absolute Gasteiger partial charge is 0.480 e. The predicted molar refractivity (Wildman–Crippen MR) is 132 cm³/mol. The minimum atomic E-state index is -0.834. The quantitative estimate of drug-likeness (QED) is 0.420. The molecule has 0 amide bonds. The van der Waals surface area contributed by atoms with Gasteiger partial charge in [-0.3, -0.25) is 4.99 Å². The summed E-state index contributed by atoms with van der Waals surface area (Å²) in [7, 11) is 0. The lowest BCUT2D eigenvalue weighted by atomic mass is 9.86. The number of aliphatic carboxylic acids is 1. The fraction of sp³-hybridized carbons (Fsp3) is 0.704. The first-order valence-corrected chi connectivity index (χ1v) is 11.6. The lowest BCUT2D eigenvalue weighted by Gasteiger charge is -2.19. The van der Waals surface area contributed by atoms with Crippen LogP contribution in [0.3, 0.4) is 0 Å². The molecule has 30 heavy (non-hydrogen) atoms. The Morgan fingerprint density at radius 2 is 1.57 bits per heavy atom. The van der Waals surface area contributed by atoms with Gasteiger partial charge in [0.15, 0.2) is 0 Å². The molecule has 1 aromatic carbocycles. The van der Waals surface area contributed by atoms with E-state index in [1.807, 2.05) is 13.8 Å². The average molecular weight is 418 g/mol. The molecule has 1 rings (SSSR count). The summed E-state index contributed by atoms with van der Waals surface area (Å²) in [6.07, 6.45) is 4.84. The van der Waals surface area contributed by atoms with Crippen LogP contribution < -0.4 is 0 Å². The monoisotopic (exact) mass is 417 g/mol. The zero-order valence-electron chi connectivity index (χ0n) is 21.2. The molecule has 0 saturated carbocycles. The Hall–Kier alpha value is -1.64. The number of hydrogen-bond donors (Lipinski definition) is 1. The number of carbonyl (C=O) groups is 1. The summed E-state index contributed by atoms with van der Waals surface area (Å²) in [5.41, 5.74) is 3.13. The van der Waals surface area contributed by atoms with Crippen LogP contribution in [0.2, 0.25) is 0 Å². The van der Waals surface area contributed by atoms with Crippen molar-refractivity contribution < 1.29 is 9.90 Å². The second-order valence-electron chi connectivity index (χ2n) is 10.7. The van der Waals surface area contributed by atoms with Crippen molar-refractivity contribution in [3.63, 3.8) is 0 Å². The Bertz CT molecular complexity index is 623. The van der Waals surface area contributed by atoms with Crippen molar-refractivity contribution in [3.8, 4) is 0 Å². The van der Waals surface area contributed by atoms with Gasteiger partial charge in [-0.1, -0.05) is 99.9 Å². The van der Waals surface area contributed by atoms with Crippen LogP contribution in [-0.4, -0.2) is 23.3 Å². The maximum atomic E-state index is 11.3. The molecule has 3 nitrogen and oxygen atoms in total. The molecular weight excluding hydrogens is 370 g/mol. The van der Waals surface area contributed by atoms with Crippen LogP contribution in [0.15, 0.2) is 29.3 Å². The summed E-state index contributed by atoms with van der Waals surface area (Å²) in [5, 5.41) is 9.25. The number of benzene rings is 1. The zero-order valence-corrected chi connectivity index (χ0v) is 21.2. The second kappa shape index (κ2) is 13.6. The SMILES string of the molecule is CC(C)CC(C)(C)C.CCC(C)C(N=CC(C)Cc1ccc(C(C)C)cc1)C(=O)O. The Labute approximate surface area is 186 Å². The third kappa shape index (κ3) is 12.8. The molecule has 3 atom stereocenters. The molecular formula is C27H47NO2. The molecule has 172 valence electrons. The lowest BCUT2D eigenvalue weighted by Crippen LogP contribution is -2.26. The number of rotatable bonds is 9. The van der Waals surface area contributed by atoms with Crippen molar-refractivity contribution >= 4 is 12.2 Å². The summed E-state index contributed by atoms with van der Waals surface area (Å²) >= 11 is 0. The number of nitrogens with zero attached hydrogens (tertiary/aromatic N) is 1. The number of carboxylic acid groups (broad SMARTS) is 1. The second-order valence-corrected chi connectivity index (χ2v) is 10.7. The van der Waals surface area contributed by atoms with Crippen LogP contribution in [0.5, 0.6) is 0 Å². The third-order valence-electron chi connectivity index (χ3n) is 5.16. The topological polar surface area (TPSA) is 49.7 Å². The lowest BCUT2D eigenvalue weighted by molar-refractivity contribution is -0.139. The van der Waals surface area contributed by atoms with Gasteiger partial charge in [0.25, 0.3) is 0 Å². The first-order valence-electron chi connectivity index (χ1n) is 11.6. The van der Waals surface area contributed by atoms with Crippen LogP contribution in [-0.2, 0) is 11.2 Å². The minimum absolute atomic E-state index is 0.0614. The fourth-order valence-corrected chi connectivity index (χ4v) is 3.60. The van der Waals surface area contributed by atoms with E-state index in [-0.39, 0.29) is 11.8 Å². The molecule has 0 aliphatic heterocycles. The van der Waals surface area contributed by atoms with Gasteiger partial charge in [-0.2, -0.15) is 0 Å². The molecule has 1 aromatic rings. The molecule has 0 aliphatic carbocycles. The number of carboxylic acids is 1. The molecule has 0 aliphatic rings. The van der Waals surface area contributed by atoms with Gasteiger partial charge in [0, 0.05) is 6.21 Å². The summed E-state index contributed by atoms with van der Waals surface area (Å²) in [6.45, 7) is 21.8. The van der Waals surface area contributed by atoms with Gasteiger partial charge in [-0.05, 0) is 53.1 Å². The summed E-state index contributed by atoms with van der Waals surface area (Å²) in [5.74, 6) is 0.844. The molecule has 0 heterocycles. The van der Waals surface area contributed by atoms with Crippen LogP contribution >= 0.6 is 0 Å². The number of hydrogen-bond acceptors (Lipinski definition) is 2. The van der Waals surface area contributed by atoms with E-state index in [1.165, 1.54) is 17.5 Å². The van der Waals surface area contributed by atoms with E-state index >= 15 is 0 Å². The van der Waals surface area contributed by atoms with Crippen molar-refractivity contribution in [1.82, 2.24) is 0 Å². The Morgan fingerprint density at radius 3 is 1.90 bits per heavy atom. The highest BCUT2D eigenvalue weighted by atomic mass is 16.4. The van der Waals surface area contributed by atoms with E-state index in [9.17, 15) is 9.90 Å². The third-order valence-corrected chi connectivity index (χ3v) is 5.16. The van der Waals surface area contributed by atoms with Gasteiger partial charge >= 0.3 is 5.97 Å². The van der Waals surface area contributed by atoms with Crippen LogP contribution in [0.4, 0.5) is 0 Å². The molecule has 0 radical (unpaired) electrons. The van der Waals surface area contributed by atoms with Gasteiger partial charge in [0.05, 0.1) is 0 Å². The summed E-state index contributed by atoms with van der Waals surface area (Å²) < 4.78 is 0. The van der Waals surface area contributed by atoms with Gasteiger partial charge in [0.1, 0.15) is 6.04 Å². The van der Waals surface area contributed by atoms with Gasteiger partial charge < -0.3 is 5.11 Å². The maximum absolute atomic E-state index is 11.3. The normalized spacial score (nSPS) is 15.1. The van der Waals surface area contributed by atoms with Crippen molar-refractivity contribution in [2.75, 3.05) is 0 Å². The van der Waals surface area contributed by atoms with Crippen LogP contribution in [0.1, 0.15) is 99.1 Å². The Morgan fingerprint density at radius 1 is 1.03 bits per heavy atom. The molecule has 0 aromatic heterocycles. The fourth-order valence-electron chi connectivity index (χ4n) is 3.60. The summed E-state index contributed by atoms with van der Waals surface area (Å²) in [4.78, 5) is 15.6. The molecule has 0 bridgehead atoms. The standard InChI is InChI=1S/C19H29NO2.C8H18/c1-6-15(5)18(19(21)22)20-12-14(4)11-16-7-9-17(10-8-16)13(2)3;1-7(2)6-8(3,4)5/h7-10,12-15,18H,6,11H2,1-5H3,(H,21,22);7H,6H2,1-5H3. The molecule has 0 spiro atoms. The Kier molecular flexibility index (Phi) is 12.9. The number of aliphatic imine (C=N–C) groups is 1. The molecule has 3 unspecified atom stereocenters. The van der Waals surface area contributed by atoms with Gasteiger partial charge in [-0.25, -0.2) is 4.79 Å². The average Bonchev–Trinajstić information content (AvgIpc) is 2.60. The first kappa shape index (κ1) is 28.4. The van der Waals surface area contributed by atoms with E-state index in [1.54, 1.807) is 6.21 Å². The van der Waals surface area contributed by atoms with Gasteiger partial charge in [-0.15, -0.1) is 0 Å². The molecule has 0 fully saturated rings. The van der Waals surface area contributed by atoms with Crippen LogP contribution in [0, 0.1) is 23.2 Å². The highest BCUT2D eigenvalue weighted by Crippen LogP contribution is 2.23. The van der Waals surface area contributed by atoms with Crippen molar-refractivity contribution in [2.45, 2.75) is 100 Å². The molecule has 0 saturated heterocycles. The van der Waals surface area contributed by atoms with E-state index < -0.39 is 12.0 Å². The summed E-state index contributed by atoms with van der Waals surface area (Å²) in [6, 6.07) is 8.02. The van der Waals surface area contributed by atoms with Crippen molar-refractivity contribution in [2.24, 2.45) is 28.2 Å². The van der Waals surface area contributed by atoms with E-state index in [4.69, 9.17) is 0 Å². The van der Waals surface area contributed by atoms with Crippen LogP contribution in [0.25, 0.3) is 0 Å². The molecule has 3 heteroatoms. The molecule has 1 N–H and O–H groups in total. The predicted octanol–water partition coefficient (Wildman–Crippen LogP) is 7.64. The highest BCUT2D eigenvalue weighted by molar-refractivity contribution is 5.76.